The Bertz CT molecular complexity index is 1210. The quantitative estimate of drug-likeness (QED) is 0.432. The number of anilines is 2. The number of benzene rings is 3. The number of rotatable bonds is 5. The molecule has 5 rings (SSSR count). The minimum Gasteiger partial charge on any atom is -0.469 e. The standard InChI is InChI=1S/C28H27ClN2O3/c1-34-28(33)20-3-2-4-25(15-20)31-17-21-6-5-19(16-26(21)27(31)32)18-7-11-23(12-8-18)30-24-13-9-22(29)10-14-24/h5-14,16,20,25,30H,2-4,15,17H2,1H3. The van der Waals surface area contributed by atoms with Gasteiger partial charge in [-0.05, 0) is 78.4 Å². The summed E-state index contributed by atoms with van der Waals surface area (Å²) >= 11 is 5.96. The van der Waals surface area contributed by atoms with Crippen LogP contribution in [0.2, 0.25) is 5.02 Å². The van der Waals surface area contributed by atoms with Crippen LogP contribution in [0.3, 0.4) is 0 Å². The molecule has 0 spiro atoms. The summed E-state index contributed by atoms with van der Waals surface area (Å²) in [5, 5.41) is 4.07. The van der Waals surface area contributed by atoms with Crippen LogP contribution in [-0.4, -0.2) is 29.9 Å². The van der Waals surface area contributed by atoms with E-state index in [4.69, 9.17) is 16.3 Å². The Morgan fingerprint density at radius 1 is 0.971 bits per heavy atom. The second-order valence-corrected chi connectivity index (χ2v) is 9.49. The van der Waals surface area contributed by atoms with E-state index >= 15 is 0 Å². The van der Waals surface area contributed by atoms with Crippen LogP contribution in [0.5, 0.6) is 0 Å². The first-order valence-electron chi connectivity index (χ1n) is 11.7. The van der Waals surface area contributed by atoms with Crippen LogP contribution < -0.4 is 5.32 Å². The molecule has 1 aliphatic carbocycles. The van der Waals surface area contributed by atoms with E-state index in [2.05, 4.69) is 29.6 Å². The summed E-state index contributed by atoms with van der Waals surface area (Å²) in [7, 11) is 1.44. The molecule has 2 atom stereocenters. The maximum atomic E-state index is 13.3. The summed E-state index contributed by atoms with van der Waals surface area (Å²) in [5.74, 6) is -0.214. The minimum atomic E-state index is -0.162. The second kappa shape index (κ2) is 9.51. The van der Waals surface area contributed by atoms with Crippen molar-refractivity contribution in [3.05, 3.63) is 82.9 Å². The predicted molar refractivity (Wildman–Crippen MR) is 134 cm³/mol. The van der Waals surface area contributed by atoms with E-state index in [0.717, 1.165) is 52.9 Å². The zero-order valence-electron chi connectivity index (χ0n) is 19.1. The maximum absolute atomic E-state index is 13.3. The summed E-state index contributed by atoms with van der Waals surface area (Å²) in [5.41, 5.74) is 5.84. The van der Waals surface area contributed by atoms with Gasteiger partial charge in [0.25, 0.3) is 5.91 Å². The summed E-state index contributed by atoms with van der Waals surface area (Å²) in [6, 6.07) is 22.0. The van der Waals surface area contributed by atoms with Crippen LogP contribution in [0.4, 0.5) is 11.4 Å². The Kier molecular flexibility index (Phi) is 6.29. The van der Waals surface area contributed by atoms with Crippen LogP contribution >= 0.6 is 11.6 Å². The monoisotopic (exact) mass is 474 g/mol. The van der Waals surface area contributed by atoms with E-state index < -0.39 is 0 Å². The van der Waals surface area contributed by atoms with Gasteiger partial charge in [-0.2, -0.15) is 0 Å². The third-order valence-corrected chi connectivity index (χ3v) is 7.17. The Morgan fingerprint density at radius 2 is 1.65 bits per heavy atom. The van der Waals surface area contributed by atoms with Crippen molar-refractivity contribution in [1.82, 2.24) is 4.90 Å². The molecule has 1 aliphatic heterocycles. The number of hydrogen-bond acceptors (Lipinski definition) is 4. The number of methoxy groups -OCH3 is 1. The molecule has 0 saturated heterocycles. The number of esters is 1. The van der Waals surface area contributed by atoms with Gasteiger partial charge in [0.05, 0.1) is 13.0 Å². The molecule has 6 heteroatoms. The number of amides is 1. The number of fused-ring (bicyclic) bond motifs is 1. The van der Waals surface area contributed by atoms with E-state index in [9.17, 15) is 9.59 Å². The molecule has 1 saturated carbocycles. The number of ether oxygens (including phenoxy) is 1. The fraction of sp³-hybridized carbons (Fsp3) is 0.286. The highest BCUT2D eigenvalue weighted by molar-refractivity contribution is 6.30. The lowest BCUT2D eigenvalue weighted by atomic mass is 9.85. The first-order chi connectivity index (χ1) is 16.5. The van der Waals surface area contributed by atoms with Crippen molar-refractivity contribution in [3.8, 4) is 11.1 Å². The number of hydrogen-bond donors (Lipinski definition) is 1. The molecule has 3 aromatic rings. The molecule has 0 radical (unpaired) electrons. The third kappa shape index (κ3) is 4.53. The predicted octanol–water partition coefficient (Wildman–Crippen LogP) is 6.44. The van der Waals surface area contributed by atoms with Crippen molar-refractivity contribution >= 4 is 34.9 Å². The van der Waals surface area contributed by atoms with Gasteiger partial charge in [-0.3, -0.25) is 9.59 Å². The molecule has 2 unspecified atom stereocenters. The van der Waals surface area contributed by atoms with Gasteiger partial charge in [0.15, 0.2) is 0 Å². The normalized spacial score (nSPS) is 19.6. The van der Waals surface area contributed by atoms with Crippen LogP contribution in [-0.2, 0) is 16.1 Å². The van der Waals surface area contributed by atoms with Gasteiger partial charge < -0.3 is 15.0 Å². The molecule has 174 valence electrons. The van der Waals surface area contributed by atoms with Gasteiger partial charge in [-0.15, -0.1) is 0 Å². The molecule has 2 aliphatic rings. The van der Waals surface area contributed by atoms with E-state index in [1.165, 1.54) is 7.11 Å². The fourth-order valence-electron chi connectivity index (χ4n) is 5.07. The SMILES string of the molecule is COC(=O)C1CCCC(N2Cc3ccc(-c4ccc(Nc5ccc(Cl)cc5)cc4)cc3C2=O)C1. The molecule has 1 fully saturated rings. The summed E-state index contributed by atoms with van der Waals surface area (Å²) in [6.45, 7) is 0.608. The van der Waals surface area contributed by atoms with E-state index in [1.807, 2.05) is 47.4 Å². The van der Waals surface area contributed by atoms with Gasteiger partial charge in [0.2, 0.25) is 0 Å². The van der Waals surface area contributed by atoms with Gasteiger partial charge in [-0.25, -0.2) is 0 Å². The van der Waals surface area contributed by atoms with Crippen LogP contribution in [0.25, 0.3) is 11.1 Å². The van der Waals surface area contributed by atoms with Gasteiger partial charge in [-0.1, -0.05) is 42.3 Å². The second-order valence-electron chi connectivity index (χ2n) is 9.05. The number of carbonyl (C=O) groups excluding carboxylic acids is 2. The number of nitrogens with one attached hydrogen (secondary N) is 1. The minimum absolute atomic E-state index is 0.0633. The Balaban J connectivity index is 1.30. The van der Waals surface area contributed by atoms with Crippen molar-refractivity contribution in [2.24, 2.45) is 5.92 Å². The lowest BCUT2D eigenvalue weighted by Gasteiger charge is -2.34. The molecule has 34 heavy (non-hydrogen) atoms. The van der Waals surface area contributed by atoms with Crippen molar-refractivity contribution in [3.63, 3.8) is 0 Å². The largest absolute Gasteiger partial charge is 0.469 e. The number of carbonyl (C=O) groups is 2. The summed E-state index contributed by atoms with van der Waals surface area (Å²) in [4.78, 5) is 27.3. The lowest BCUT2D eigenvalue weighted by molar-refractivity contribution is -0.147. The van der Waals surface area contributed by atoms with Crippen molar-refractivity contribution in [2.75, 3.05) is 12.4 Å². The third-order valence-electron chi connectivity index (χ3n) is 6.91. The molecule has 5 nitrogen and oxygen atoms in total. The van der Waals surface area contributed by atoms with Gasteiger partial charge in [0, 0.05) is 34.5 Å². The number of halogens is 1. The molecule has 3 aromatic carbocycles. The van der Waals surface area contributed by atoms with E-state index in [0.29, 0.717) is 18.0 Å². The van der Waals surface area contributed by atoms with Gasteiger partial charge >= 0.3 is 5.97 Å². The first-order valence-corrected chi connectivity index (χ1v) is 12.0. The number of nitrogens with zero attached hydrogens (tertiary/aromatic N) is 1. The molecule has 1 heterocycles. The molecule has 0 bridgehead atoms. The molecule has 1 amide bonds. The fourth-order valence-corrected chi connectivity index (χ4v) is 5.20. The zero-order chi connectivity index (χ0) is 23.7. The molecular weight excluding hydrogens is 448 g/mol. The maximum Gasteiger partial charge on any atom is 0.308 e. The zero-order valence-corrected chi connectivity index (χ0v) is 19.8. The Hall–Kier alpha value is -3.31. The van der Waals surface area contributed by atoms with E-state index in [-0.39, 0.29) is 23.8 Å². The average Bonchev–Trinajstić information content (AvgIpc) is 3.21. The summed E-state index contributed by atoms with van der Waals surface area (Å²) in [6.07, 6.45) is 3.39. The highest BCUT2D eigenvalue weighted by Gasteiger charge is 2.37. The Morgan fingerprint density at radius 3 is 2.35 bits per heavy atom. The lowest BCUT2D eigenvalue weighted by Crippen LogP contribution is -2.40. The van der Waals surface area contributed by atoms with Crippen molar-refractivity contribution in [2.45, 2.75) is 38.3 Å². The Labute approximate surface area is 204 Å². The van der Waals surface area contributed by atoms with Crippen LogP contribution in [0, 0.1) is 5.92 Å². The average molecular weight is 475 g/mol. The van der Waals surface area contributed by atoms with Crippen molar-refractivity contribution in [1.29, 1.82) is 0 Å². The highest BCUT2D eigenvalue weighted by atomic mass is 35.5. The molecule has 1 N–H and O–H groups in total. The summed E-state index contributed by atoms with van der Waals surface area (Å²) < 4.78 is 4.95. The van der Waals surface area contributed by atoms with Gasteiger partial charge in [0.1, 0.15) is 0 Å². The van der Waals surface area contributed by atoms with E-state index in [1.54, 1.807) is 0 Å². The van der Waals surface area contributed by atoms with Crippen LogP contribution in [0.1, 0.15) is 41.6 Å². The smallest absolute Gasteiger partial charge is 0.308 e. The van der Waals surface area contributed by atoms with Crippen molar-refractivity contribution < 1.29 is 14.3 Å². The first kappa shape index (κ1) is 22.5. The highest BCUT2D eigenvalue weighted by Crippen LogP contribution is 2.35. The topological polar surface area (TPSA) is 58.6 Å². The van der Waals surface area contributed by atoms with Crippen LogP contribution in [0.15, 0.2) is 66.7 Å². The molecular formula is C28H27ClN2O3. The molecule has 0 aromatic heterocycles.